The second-order valence-corrected chi connectivity index (χ2v) is 12.7. The van der Waals surface area contributed by atoms with E-state index < -0.39 is 0 Å². The summed E-state index contributed by atoms with van der Waals surface area (Å²) in [5.74, 6) is 1.88. The van der Waals surface area contributed by atoms with Crippen LogP contribution in [0.3, 0.4) is 0 Å². The normalized spacial score (nSPS) is 19.2. The summed E-state index contributed by atoms with van der Waals surface area (Å²) in [6, 6.07) is 1.65. The van der Waals surface area contributed by atoms with Crippen LogP contribution in [-0.2, 0) is 6.42 Å². The molecule has 0 atom stereocenters. The molecule has 3 aliphatic heterocycles. The van der Waals surface area contributed by atoms with Gasteiger partial charge in [0.2, 0.25) is 0 Å². The average molecular weight is 561 g/mol. The smallest absolute Gasteiger partial charge is 0.255 e. The van der Waals surface area contributed by atoms with Crippen LogP contribution in [0, 0.1) is 11.8 Å². The second kappa shape index (κ2) is 16.1. The molecular weight excluding hydrogens is 508 g/mol. The highest BCUT2D eigenvalue weighted by atomic mass is 35.5. The first-order valence-electron chi connectivity index (χ1n) is 16.0. The van der Waals surface area contributed by atoms with Crippen LogP contribution in [0.2, 0.25) is 5.02 Å². The number of nitrogen functional groups attached to an aromatic ring is 1. The molecule has 3 aliphatic rings. The van der Waals surface area contributed by atoms with E-state index in [0.717, 1.165) is 37.4 Å². The second-order valence-electron chi connectivity index (χ2n) is 12.3. The van der Waals surface area contributed by atoms with E-state index in [2.05, 4.69) is 22.0 Å². The molecule has 0 bridgehead atoms. The van der Waals surface area contributed by atoms with Crippen molar-refractivity contribution in [1.29, 1.82) is 0 Å². The van der Waals surface area contributed by atoms with Crippen molar-refractivity contribution in [2.24, 2.45) is 11.8 Å². The van der Waals surface area contributed by atoms with Gasteiger partial charge >= 0.3 is 0 Å². The molecule has 39 heavy (non-hydrogen) atoms. The fourth-order valence-corrected chi connectivity index (χ4v) is 6.87. The van der Waals surface area contributed by atoms with E-state index >= 15 is 0 Å². The summed E-state index contributed by atoms with van der Waals surface area (Å²) in [6.45, 7) is 11.0. The molecule has 7 heteroatoms. The van der Waals surface area contributed by atoms with Crippen LogP contribution >= 0.6 is 11.6 Å². The number of rotatable bonds is 15. The Hall–Kier alpha value is -1.50. The van der Waals surface area contributed by atoms with Gasteiger partial charge in [-0.25, -0.2) is 0 Å². The summed E-state index contributed by atoms with van der Waals surface area (Å²) in [6.07, 6.45) is 18.4. The molecule has 220 valence electrons. The predicted octanol–water partition coefficient (Wildman–Crippen LogP) is 6.54. The first-order valence-corrected chi connectivity index (χ1v) is 16.4. The van der Waals surface area contributed by atoms with E-state index in [9.17, 15) is 4.79 Å². The zero-order valence-corrected chi connectivity index (χ0v) is 25.2. The standard InChI is InChI=1S/C32H53ClN4O2/c1-2-3-4-5-6-7-8-9-10-16-36-17-13-26(14-18-36)24-37-19-11-25(12-20-37)23-35-32(38)28-22-29(33)30(34)27-15-21-39-31(27)28/h22,25-26H,2-21,23-24,34H2,1H3,(H,35,38). The number of benzene rings is 1. The molecule has 6 nitrogen and oxygen atoms in total. The third-order valence-electron chi connectivity index (χ3n) is 9.28. The summed E-state index contributed by atoms with van der Waals surface area (Å²) in [5, 5.41) is 3.58. The Morgan fingerprint density at radius 3 is 2.26 bits per heavy atom. The fourth-order valence-electron chi connectivity index (χ4n) is 6.65. The van der Waals surface area contributed by atoms with Gasteiger partial charge in [0.1, 0.15) is 5.75 Å². The quantitative estimate of drug-likeness (QED) is 0.188. The van der Waals surface area contributed by atoms with Crippen molar-refractivity contribution in [2.75, 3.05) is 58.2 Å². The Kier molecular flexibility index (Phi) is 12.6. The van der Waals surface area contributed by atoms with Crippen molar-refractivity contribution in [3.63, 3.8) is 0 Å². The Morgan fingerprint density at radius 2 is 1.56 bits per heavy atom. The maximum absolute atomic E-state index is 12.9. The van der Waals surface area contributed by atoms with Gasteiger partial charge < -0.3 is 25.6 Å². The number of hydrogen-bond acceptors (Lipinski definition) is 5. The first kappa shape index (κ1) is 30.5. The number of hydrogen-bond donors (Lipinski definition) is 2. The van der Waals surface area contributed by atoms with E-state index in [4.69, 9.17) is 22.1 Å². The van der Waals surface area contributed by atoms with Crippen molar-refractivity contribution in [3.8, 4) is 5.75 Å². The summed E-state index contributed by atoms with van der Waals surface area (Å²) < 4.78 is 5.71. The number of nitrogens with zero attached hydrogens (tertiary/aromatic N) is 2. The van der Waals surface area contributed by atoms with Gasteiger partial charge in [0.25, 0.3) is 5.91 Å². The van der Waals surface area contributed by atoms with Crippen LogP contribution in [-0.4, -0.2) is 68.1 Å². The number of nitrogens with two attached hydrogens (primary N) is 1. The number of fused-ring (bicyclic) bond motifs is 1. The molecular formula is C32H53ClN4O2. The number of piperidine rings is 2. The molecule has 1 aromatic carbocycles. The fraction of sp³-hybridized carbons (Fsp3) is 0.781. The summed E-state index contributed by atoms with van der Waals surface area (Å²) in [7, 11) is 0. The van der Waals surface area contributed by atoms with Crippen molar-refractivity contribution < 1.29 is 9.53 Å². The van der Waals surface area contributed by atoms with Crippen molar-refractivity contribution in [2.45, 2.75) is 96.8 Å². The minimum atomic E-state index is -0.105. The van der Waals surface area contributed by atoms with Gasteiger partial charge in [-0.3, -0.25) is 4.79 Å². The van der Waals surface area contributed by atoms with Crippen LogP contribution in [0.15, 0.2) is 6.07 Å². The molecule has 0 aliphatic carbocycles. The van der Waals surface area contributed by atoms with Crippen LogP contribution in [0.5, 0.6) is 5.75 Å². The van der Waals surface area contributed by atoms with Crippen LogP contribution in [0.25, 0.3) is 0 Å². The van der Waals surface area contributed by atoms with Crippen LogP contribution < -0.4 is 15.8 Å². The molecule has 3 heterocycles. The lowest BCUT2D eigenvalue weighted by Crippen LogP contribution is -2.43. The van der Waals surface area contributed by atoms with Crippen LogP contribution in [0.1, 0.15) is 106 Å². The van der Waals surface area contributed by atoms with E-state index in [1.807, 2.05) is 0 Å². The minimum Gasteiger partial charge on any atom is -0.492 e. The van der Waals surface area contributed by atoms with E-state index in [0.29, 0.717) is 47.5 Å². The molecule has 1 amide bonds. The average Bonchev–Trinajstić information content (AvgIpc) is 3.45. The number of amides is 1. The van der Waals surface area contributed by atoms with Gasteiger partial charge in [-0.1, -0.05) is 69.9 Å². The monoisotopic (exact) mass is 560 g/mol. The van der Waals surface area contributed by atoms with Gasteiger partial charge in [-0.15, -0.1) is 0 Å². The number of anilines is 1. The van der Waals surface area contributed by atoms with Crippen molar-refractivity contribution in [3.05, 3.63) is 22.2 Å². The Morgan fingerprint density at radius 1 is 0.949 bits per heavy atom. The highest BCUT2D eigenvalue weighted by Crippen LogP contribution is 2.38. The maximum atomic E-state index is 12.9. The van der Waals surface area contributed by atoms with Gasteiger partial charge in [-0.2, -0.15) is 0 Å². The summed E-state index contributed by atoms with van der Waals surface area (Å²) in [5.41, 5.74) is 8.01. The van der Waals surface area contributed by atoms with E-state index in [1.165, 1.54) is 96.8 Å². The molecule has 0 unspecified atom stereocenters. The largest absolute Gasteiger partial charge is 0.492 e. The Balaban J connectivity index is 1.05. The van der Waals surface area contributed by atoms with E-state index in [1.54, 1.807) is 6.07 Å². The lowest BCUT2D eigenvalue weighted by molar-refractivity contribution is 0.0920. The molecule has 4 rings (SSSR count). The third-order valence-corrected chi connectivity index (χ3v) is 9.59. The van der Waals surface area contributed by atoms with Crippen LogP contribution in [0.4, 0.5) is 5.69 Å². The zero-order chi connectivity index (χ0) is 27.5. The number of ether oxygens (including phenoxy) is 1. The number of nitrogens with one attached hydrogen (secondary N) is 1. The maximum Gasteiger partial charge on any atom is 0.255 e. The van der Waals surface area contributed by atoms with Crippen molar-refractivity contribution in [1.82, 2.24) is 15.1 Å². The molecule has 2 saturated heterocycles. The highest BCUT2D eigenvalue weighted by Gasteiger charge is 2.27. The Bertz CT molecular complexity index is 895. The topological polar surface area (TPSA) is 70.8 Å². The van der Waals surface area contributed by atoms with Gasteiger partial charge in [0.05, 0.1) is 22.9 Å². The molecule has 0 spiro atoms. The number of unbranched alkanes of at least 4 members (excludes halogenated alkanes) is 8. The lowest BCUT2D eigenvalue weighted by Gasteiger charge is -2.37. The minimum absolute atomic E-state index is 0.105. The Labute approximate surface area is 242 Å². The molecule has 3 N–H and O–H groups in total. The molecule has 0 aromatic heterocycles. The third kappa shape index (κ3) is 9.26. The lowest BCUT2D eigenvalue weighted by atomic mass is 9.92. The summed E-state index contributed by atoms with van der Waals surface area (Å²) in [4.78, 5) is 18.3. The molecule has 0 radical (unpaired) electrons. The molecule has 1 aromatic rings. The van der Waals surface area contributed by atoms with E-state index in [-0.39, 0.29) is 5.91 Å². The number of halogens is 1. The highest BCUT2D eigenvalue weighted by molar-refractivity contribution is 6.33. The first-order chi connectivity index (χ1) is 19.0. The predicted molar refractivity (Wildman–Crippen MR) is 163 cm³/mol. The van der Waals surface area contributed by atoms with Gasteiger partial charge in [0.15, 0.2) is 0 Å². The van der Waals surface area contributed by atoms with Crippen molar-refractivity contribution >= 4 is 23.2 Å². The number of carbonyl (C=O) groups is 1. The molecule has 2 fully saturated rings. The zero-order valence-electron chi connectivity index (χ0n) is 24.5. The van der Waals surface area contributed by atoms with Gasteiger partial charge in [0, 0.05) is 25.1 Å². The number of carbonyl (C=O) groups excluding carboxylic acids is 1. The van der Waals surface area contributed by atoms with Gasteiger partial charge in [-0.05, 0) is 82.7 Å². The SMILES string of the molecule is CCCCCCCCCCCN1CCC(CN2CCC(CNC(=O)c3cc(Cl)c(N)c4c3OCC4)CC2)CC1. The summed E-state index contributed by atoms with van der Waals surface area (Å²) >= 11 is 6.28. The number of likely N-dealkylation sites (tertiary alicyclic amines) is 2. The molecule has 0 saturated carbocycles.